The summed E-state index contributed by atoms with van der Waals surface area (Å²) in [6.45, 7) is 2.48. The molecular weight excluding hydrogens is 390 g/mol. The summed E-state index contributed by atoms with van der Waals surface area (Å²) < 4.78 is 12.4. The molecule has 0 aromatic carbocycles. The van der Waals surface area contributed by atoms with Crippen LogP contribution in [0.2, 0.25) is 0 Å². The molecular formula is C20H23N5O3S. The fourth-order valence-corrected chi connectivity index (χ4v) is 4.00. The van der Waals surface area contributed by atoms with E-state index >= 15 is 0 Å². The lowest BCUT2D eigenvalue weighted by Crippen LogP contribution is -2.24. The number of methoxy groups -OCH3 is 1. The first-order valence-corrected chi connectivity index (χ1v) is 10.3. The first-order chi connectivity index (χ1) is 14.0. The van der Waals surface area contributed by atoms with Crippen LogP contribution in [-0.2, 0) is 19.9 Å². The number of nitrogens with zero attached hydrogens (tertiary/aromatic N) is 5. The highest BCUT2D eigenvalue weighted by atomic mass is 32.1. The van der Waals surface area contributed by atoms with Gasteiger partial charge < -0.3 is 9.47 Å². The van der Waals surface area contributed by atoms with Crippen LogP contribution in [-0.4, -0.2) is 38.7 Å². The van der Waals surface area contributed by atoms with Gasteiger partial charge in [-0.3, -0.25) is 9.78 Å². The summed E-state index contributed by atoms with van der Waals surface area (Å²) in [6.07, 6.45) is 4.04. The van der Waals surface area contributed by atoms with Gasteiger partial charge >= 0.3 is 0 Å². The Hall–Kier alpha value is -2.81. The highest BCUT2D eigenvalue weighted by molar-refractivity contribution is 7.11. The molecule has 0 spiro atoms. The largest absolute Gasteiger partial charge is 0.495 e. The van der Waals surface area contributed by atoms with Gasteiger partial charge in [-0.2, -0.15) is 0 Å². The average Bonchev–Trinajstić information content (AvgIpc) is 3.39. The number of ether oxygens (including phenoxy) is 2. The Kier molecular flexibility index (Phi) is 5.57. The van der Waals surface area contributed by atoms with Gasteiger partial charge in [0, 0.05) is 42.6 Å². The standard InChI is InChI=1S/C20H23N5O3S/c1-12-22-23-19(29-12)7-4-13-9-18(24-25(2)20(13)26)28-11-14-8-16(14)17-6-5-15(27-3)10-21-17/h5-6,9-10,14,16H,4,7-8,11H2,1-3H3/t14-,16+/m1/s1. The van der Waals surface area contributed by atoms with E-state index in [4.69, 9.17) is 9.47 Å². The molecule has 0 amide bonds. The molecule has 0 N–H and O–H groups in total. The van der Waals surface area contributed by atoms with Crippen molar-refractivity contribution in [3.8, 4) is 11.6 Å². The van der Waals surface area contributed by atoms with Gasteiger partial charge in [0.1, 0.15) is 15.8 Å². The molecule has 1 aliphatic rings. The fraction of sp³-hybridized carbons (Fsp3) is 0.450. The predicted molar refractivity (Wildman–Crippen MR) is 109 cm³/mol. The highest BCUT2D eigenvalue weighted by Gasteiger charge is 2.40. The minimum Gasteiger partial charge on any atom is -0.495 e. The molecule has 1 aliphatic carbocycles. The summed E-state index contributed by atoms with van der Waals surface area (Å²) in [5.41, 5.74) is 1.63. The van der Waals surface area contributed by atoms with Crippen LogP contribution >= 0.6 is 11.3 Å². The molecule has 0 bridgehead atoms. The normalized spacial score (nSPS) is 17.9. The van der Waals surface area contributed by atoms with Gasteiger partial charge in [-0.05, 0) is 31.9 Å². The van der Waals surface area contributed by atoms with Crippen molar-refractivity contribution in [3.05, 3.63) is 56.0 Å². The van der Waals surface area contributed by atoms with Gasteiger partial charge in [-0.1, -0.05) is 0 Å². The number of rotatable bonds is 8. The van der Waals surface area contributed by atoms with Crippen LogP contribution in [0.15, 0.2) is 29.2 Å². The van der Waals surface area contributed by atoms with Gasteiger partial charge in [0.2, 0.25) is 5.88 Å². The van der Waals surface area contributed by atoms with Crippen LogP contribution in [0.1, 0.15) is 33.6 Å². The molecule has 3 aromatic rings. The molecule has 3 heterocycles. The van der Waals surface area contributed by atoms with E-state index in [0.29, 0.717) is 42.7 Å². The zero-order valence-corrected chi connectivity index (χ0v) is 17.5. The maximum absolute atomic E-state index is 12.4. The average molecular weight is 414 g/mol. The van der Waals surface area contributed by atoms with Crippen LogP contribution in [0.3, 0.4) is 0 Å². The van der Waals surface area contributed by atoms with E-state index in [-0.39, 0.29) is 5.56 Å². The van der Waals surface area contributed by atoms with Gasteiger partial charge in [0.15, 0.2) is 0 Å². The molecule has 29 heavy (non-hydrogen) atoms. The number of pyridine rings is 1. The molecule has 0 aliphatic heterocycles. The Balaban J connectivity index is 1.36. The predicted octanol–water partition coefficient (Wildman–Crippen LogP) is 2.31. The van der Waals surface area contributed by atoms with Crippen molar-refractivity contribution in [2.45, 2.75) is 32.1 Å². The van der Waals surface area contributed by atoms with E-state index < -0.39 is 0 Å². The number of aryl methyl sites for hydroxylation is 4. The smallest absolute Gasteiger partial charge is 0.269 e. The lowest BCUT2D eigenvalue weighted by molar-refractivity contribution is 0.277. The van der Waals surface area contributed by atoms with Crippen LogP contribution in [0.5, 0.6) is 11.6 Å². The van der Waals surface area contributed by atoms with Gasteiger partial charge in [-0.25, -0.2) is 4.68 Å². The molecule has 0 unspecified atom stereocenters. The summed E-state index contributed by atoms with van der Waals surface area (Å²) in [7, 11) is 3.28. The first-order valence-electron chi connectivity index (χ1n) is 9.52. The third-order valence-electron chi connectivity index (χ3n) is 5.03. The Morgan fingerprint density at radius 3 is 2.83 bits per heavy atom. The summed E-state index contributed by atoms with van der Waals surface area (Å²) in [4.78, 5) is 16.8. The Bertz CT molecular complexity index is 1050. The minimum atomic E-state index is -0.106. The van der Waals surface area contributed by atoms with Crippen LogP contribution in [0.25, 0.3) is 0 Å². The van der Waals surface area contributed by atoms with E-state index in [2.05, 4.69) is 20.3 Å². The maximum atomic E-state index is 12.4. The second-order valence-corrected chi connectivity index (χ2v) is 8.45. The van der Waals surface area contributed by atoms with Crippen LogP contribution in [0.4, 0.5) is 0 Å². The second kappa shape index (κ2) is 8.28. The maximum Gasteiger partial charge on any atom is 0.269 e. The number of hydrogen-bond acceptors (Lipinski definition) is 8. The van der Waals surface area contributed by atoms with E-state index in [0.717, 1.165) is 27.9 Å². The number of hydrogen-bond donors (Lipinski definition) is 0. The topological polar surface area (TPSA) is 92.0 Å². The minimum absolute atomic E-state index is 0.106. The molecule has 0 saturated heterocycles. The molecule has 152 valence electrons. The van der Waals surface area contributed by atoms with Crippen molar-refractivity contribution >= 4 is 11.3 Å². The fourth-order valence-electron chi connectivity index (χ4n) is 3.29. The summed E-state index contributed by atoms with van der Waals surface area (Å²) in [6, 6.07) is 5.68. The monoisotopic (exact) mass is 413 g/mol. The molecule has 8 nitrogen and oxygen atoms in total. The van der Waals surface area contributed by atoms with Crippen molar-refractivity contribution in [1.82, 2.24) is 25.0 Å². The van der Waals surface area contributed by atoms with Gasteiger partial charge in [0.25, 0.3) is 5.56 Å². The SMILES string of the molecule is COc1ccc([C@H]2C[C@@H]2COc2cc(CCc3nnc(C)s3)c(=O)n(C)n2)nc1. The molecule has 1 saturated carbocycles. The Morgan fingerprint density at radius 1 is 1.28 bits per heavy atom. The number of aromatic nitrogens is 5. The molecule has 2 atom stereocenters. The lowest BCUT2D eigenvalue weighted by atomic mass is 10.2. The third kappa shape index (κ3) is 4.61. The van der Waals surface area contributed by atoms with E-state index in [1.165, 1.54) is 4.68 Å². The quantitative estimate of drug-likeness (QED) is 0.559. The van der Waals surface area contributed by atoms with Crippen molar-refractivity contribution < 1.29 is 9.47 Å². The van der Waals surface area contributed by atoms with Gasteiger partial charge in [0.05, 0.1) is 19.9 Å². The Morgan fingerprint density at radius 2 is 2.14 bits per heavy atom. The first kappa shape index (κ1) is 19.5. The third-order valence-corrected chi connectivity index (χ3v) is 5.93. The zero-order chi connectivity index (χ0) is 20.4. The summed E-state index contributed by atoms with van der Waals surface area (Å²) in [5.74, 6) is 2.04. The molecule has 4 rings (SSSR count). The van der Waals surface area contributed by atoms with E-state index in [1.807, 2.05) is 19.1 Å². The van der Waals surface area contributed by atoms with Crippen molar-refractivity contribution in [2.24, 2.45) is 13.0 Å². The van der Waals surface area contributed by atoms with E-state index in [1.54, 1.807) is 37.8 Å². The summed E-state index contributed by atoms with van der Waals surface area (Å²) >= 11 is 1.55. The molecule has 1 fully saturated rings. The van der Waals surface area contributed by atoms with Crippen molar-refractivity contribution in [2.75, 3.05) is 13.7 Å². The second-order valence-electron chi connectivity index (χ2n) is 7.19. The van der Waals surface area contributed by atoms with Crippen molar-refractivity contribution in [3.63, 3.8) is 0 Å². The zero-order valence-electron chi connectivity index (χ0n) is 16.7. The van der Waals surface area contributed by atoms with Gasteiger partial charge in [-0.15, -0.1) is 26.6 Å². The lowest BCUT2D eigenvalue weighted by Gasteiger charge is -2.09. The van der Waals surface area contributed by atoms with Crippen molar-refractivity contribution in [1.29, 1.82) is 0 Å². The van der Waals surface area contributed by atoms with Crippen LogP contribution < -0.4 is 15.0 Å². The molecule has 0 radical (unpaired) electrons. The molecule has 9 heteroatoms. The van der Waals surface area contributed by atoms with E-state index in [9.17, 15) is 4.79 Å². The van der Waals surface area contributed by atoms with Crippen LogP contribution in [0, 0.1) is 12.8 Å². The molecule has 3 aromatic heterocycles. The summed E-state index contributed by atoms with van der Waals surface area (Å²) in [5, 5.41) is 14.2. The Labute approximate surface area is 172 Å². The highest BCUT2D eigenvalue weighted by Crippen LogP contribution is 2.46.